The predicted octanol–water partition coefficient (Wildman–Crippen LogP) is 0.932. The van der Waals surface area contributed by atoms with Crippen LogP contribution in [-0.2, 0) is 4.79 Å². The van der Waals surface area contributed by atoms with Gasteiger partial charge >= 0.3 is 0 Å². The molecule has 7 heteroatoms. The smallest absolute Gasteiger partial charge is 0.276 e. The molecule has 0 aromatic heterocycles. The summed E-state index contributed by atoms with van der Waals surface area (Å²) in [4.78, 5) is 24.0. The van der Waals surface area contributed by atoms with Gasteiger partial charge in [-0.2, -0.15) is 5.26 Å². The lowest BCUT2D eigenvalue weighted by molar-refractivity contribution is -0.385. The lowest BCUT2D eigenvalue weighted by Crippen LogP contribution is -2.52. The number of benzene rings is 1. The number of nitrogens with zero attached hydrogens (tertiary/aromatic N) is 3. The second-order valence-corrected chi connectivity index (χ2v) is 4.53. The first-order chi connectivity index (χ1) is 10.1. The Balaban J connectivity index is 2.16. The molecule has 1 N–H and O–H groups in total. The Morgan fingerprint density at radius 1 is 1.52 bits per heavy atom. The van der Waals surface area contributed by atoms with Crippen LogP contribution in [0, 0.1) is 21.4 Å². The number of nitro benzene ring substituents is 1. The fourth-order valence-corrected chi connectivity index (χ4v) is 2.13. The lowest BCUT2D eigenvalue weighted by atomic mass is 10.1. The fraction of sp³-hybridized carbons (Fsp3) is 0.286. The van der Waals surface area contributed by atoms with E-state index in [0.717, 1.165) is 0 Å². The van der Waals surface area contributed by atoms with Gasteiger partial charge in [-0.25, -0.2) is 0 Å². The SMILES string of the molecule is N#CC1CNCCN1C(=O)C=Cc1ccccc1[N+](=O)[O-]. The number of nitrogens with one attached hydrogen (secondary N) is 1. The second kappa shape index (κ2) is 6.63. The van der Waals surface area contributed by atoms with Gasteiger partial charge in [-0.05, 0) is 12.1 Å². The van der Waals surface area contributed by atoms with Crippen molar-refractivity contribution in [3.63, 3.8) is 0 Å². The zero-order chi connectivity index (χ0) is 15.2. The van der Waals surface area contributed by atoms with Crippen LogP contribution in [0.15, 0.2) is 30.3 Å². The molecule has 0 bridgehead atoms. The van der Waals surface area contributed by atoms with Crippen molar-refractivity contribution < 1.29 is 9.72 Å². The van der Waals surface area contributed by atoms with Crippen molar-refractivity contribution in [2.45, 2.75) is 6.04 Å². The molecule has 0 spiro atoms. The highest BCUT2D eigenvalue weighted by Crippen LogP contribution is 2.19. The van der Waals surface area contributed by atoms with Gasteiger partial charge in [0.2, 0.25) is 5.91 Å². The Hall–Kier alpha value is -2.72. The second-order valence-electron chi connectivity index (χ2n) is 4.53. The Bertz CT molecular complexity index is 621. The minimum atomic E-state index is -0.512. The third kappa shape index (κ3) is 3.43. The minimum absolute atomic E-state index is 0.0568. The maximum Gasteiger partial charge on any atom is 0.276 e. The molecular formula is C14H14N4O3. The van der Waals surface area contributed by atoms with Crippen molar-refractivity contribution >= 4 is 17.7 Å². The molecule has 0 saturated carbocycles. The van der Waals surface area contributed by atoms with Gasteiger partial charge in [-0.3, -0.25) is 14.9 Å². The summed E-state index contributed by atoms with van der Waals surface area (Å²) in [5, 5.41) is 22.9. The minimum Gasteiger partial charge on any atom is -0.321 e. The molecule has 1 heterocycles. The number of hydrogen-bond donors (Lipinski definition) is 1. The summed E-state index contributed by atoms with van der Waals surface area (Å²) in [6.45, 7) is 1.50. The largest absolute Gasteiger partial charge is 0.321 e. The van der Waals surface area contributed by atoms with Crippen LogP contribution in [0.1, 0.15) is 5.56 Å². The highest BCUT2D eigenvalue weighted by atomic mass is 16.6. The molecular weight excluding hydrogens is 272 g/mol. The van der Waals surface area contributed by atoms with Crippen LogP contribution in [0.2, 0.25) is 0 Å². The summed E-state index contributed by atoms with van der Waals surface area (Å²) in [6.07, 6.45) is 2.69. The Morgan fingerprint density at radius 3 is 3.00 bits per heavy atom. The fourth-order valence-electron chi connectivity index (χ4n) is 2.13. The van der Waals surface area contributed by atoms with Crippen molar-refractivity contribution in [2.24, 2.45) is 0 Å². The van der Waals surface area contributed by atoms with Crippen LogP contribution in [0.4, 0.5) is 5.69 Å². The zero-order valence-electron chi connectivity index (χ0n) is 11.2. The van der Waals surface area contributed by atoms with E-state index in [1.807, 2.05) is 0 Å². The molecule has 0 radical (unpaired) electrons. The van der Waals surface area contributed by atoms with Gasteiger partial charge in [0.1, 0.15) is 6.04 Å². The van der Waals surface area contributed by atoms with Crippen LogP contribution >= 0.6 is 0 Å². The summed E-state index contributed by atoms with van der Waals surface area (Å²) in [7, 11) is 0. The number of carbonyl (C=O) groups excluding carboxylic acids is 1. The van der Waals surface area contributed by atoms with Gasteiger partial charge < -0.3 is 10.2 Å². The Labute approximate surface area is 121 Å². The summed E-state index contributed by atoms with van der Waals surface area (Å²) in [5.74, 6) is -0.318. The number of carbonyl (C=O) groups is 1. The summed E-state index contributed by atoms with van der Waals surface area (Å²) in [5.41, 5.74) is 0.304. The highest BCUT2D eigenvalue weighted by molar-refractivity contribution is 5.92. The maximum absolute atomic E-state index is 12.1. The van der Waals surface area contributed by atoms with Crippen LogP contribution < -0.4 is 5.32 Å². The van der Waals surface area contributed by atoms with Crippen LogP contribution in [0.3, 0.4) is 0 Å². The average Bonchev–Trinajstić information content (AvgIpc) is 2.52. The maximum atomic E-state index is 12.1. The average molecular weight is 286 g/mol. The number of nitro groups is 1. The van der Waals surface area contributed by atoms with Gasteiger partial charge in [0, 0.05) is 31.8 Å². The molecule has 1 aliphatic rings. The molecule has 0 aliphatic carbocycles. The molecule has 2 rings (SSSR count). The van der Waals surface area contributed by atoms with E-state index in [1.165, 1.54) is 23.1 Å². The summed E-state index contributed by atoms with van der Waals surface area (Å²) >= 11 is 0. The molecule has 1 aromatic rings. The predicted molar refractivity (Wildman–Crippen MR) is 76.1 cm³/mol. The molecule has 7 nitrogen and oxygen atoms in total. The Morgan fingerprint density at radius 2 is 2.29 bits per heavy atom. The quantitative estimate of drug-likeness (QED) is 0.506. The number of nitriles is 1. The zero-order valence-corrected chi connectivity index (χ0v) is 11.2. The summed E-state index contributed by atoms with van der Waals surface area (Å²) in [6, 6.07) is 7.74. The van der Waals surface area contributed by atoms with Gasteiger partial charge in [0.25, 0.3) is 5.69 Å². The van der Waals surface area contributed by atoms with Crippen molar-refractivity contribution in [2.75, 3.05) is 19.6 Å². The van der Waals surface area contributed by atoms with Gasteiger partial charge in [0.15, 0.2) is 0 Å². The molecule has 108 valence electrons. The van der Waals surface area contributed by atoms with Gasteiger partial charge in [-0.15, -0.1) is 0 Å². The Kier molecular flexibility index (Phi) is 4.64. The van der Waals surface area contributed by atoms with Crippen molar-refractivity contribution in [1.29, 1.82) is 5.26 Å². The van der Waals surface area contributed by atoms with E-state index >= 15 is 0 Å². The molecule has 1 atom stereocenters. The summed E-state index contributed by atoms with van der Waals surface area (Å²) < 4.78 is 0. The topological polar surface area (TPSA) is 99.3 Å². The van der Waals surface area contributed by atoms with Gasteiger partial charge in [-0.1, -0.05) is 12.1 Å². The lowest BCUT2D eigenvalue weighted by Gasteiger charge is -2.31. The number of piperazine rings is 1. The third-order valence-corrected chi connectivity index (χ3v) is 3.21. The van der Waals surface area contributed by atoms with E-state index in [9.17, 15) is 14.9 Å². The third-order valence-electron chi connectivity index (χ3n) is 3.21. The standard InChI is InChI=1S/C14H14N4O3/c15-9-12-10-16-7-8-17(12)14(19)6-5-11-3-1-2-4-13(11)18(20)21/h1-6,12,16H,7-8,10H2. The molecule has 1 aromatic carbocycles. The van der Waals surface area contributed by atoms with Crippen LogP contribution in [-0.4, -0.2) is 41.4 Å². The molecule has 1 aliphatic heterocycles. The van der Waals surface area contributed by atoms with Crippen molar-refractivity contribution in [3.8, 4) is 6.07 Å². The molecule has 1 fully saturated rings. The van der Waals surface area contributed by atoms with Gasteiger partial charge in [0.05, 0.1) is 16.6 Å². The highest BCUT2D eigenvalue weighted by Gasteiger charge is 2.24. The monoisotopic (exact) mass is 286 g/mol. The number of para-hydroxylation sites is 1. The molecule has 21 heavy (non-hydrogen) atoms. The van der Waals surface area contributed by atoms with E-state index in [-0.39, 0.29) is 11.6 Å². The normalized spacial score (nSPS) is 18.4. The molecule has 1 amide bonds. The van der Waals surface area contributed by atoms with E-state index in [2.05, 4.69) is 11.4 Å². The van der Waals surface area contributed by atoms with Crippen LogP contribution in [0.25, 0.3) is 6.08 Å². The number of hydrogen-bond acceptors (Lipinski definition) is 5. The molecule has 1 unspecified atom stereocenters. The first-order valence-electron chi connectivity index (χ1n) is 6.46. The number of amides is 1. The first-order valence-corrected chi connectivity index (χ1v) is 6.46. The van der Waals surface area contributed by atoms with E-state index in [4.69, 9.17) is 5.26 Å². The molecule has 1 saturated heterocycles. The van der Waals surface area contributed by atoms with Crippen molar-refractivity contribution in [3.05, 3.63) is 46.0 Å². The van der Waals surface area contributed by atoms with E-state index in [1.54, 1.807) is 18.2 Å². The van der Waals surface area contributed by atoms with Crippen molar-refractivity contribution in [1.82, 2.24) is 10.2 Å². The number of rotatable bonds is 3. The first kappa shape index (κ1) is 14.7. The van der Waals surface area contributed by atoms with E-state index in [0.29, 0.717) is 25.2 Å². The van der Waals surface area contributed by atoms with Crippen LogP contribution in [0.5, 0.6) is 0 Å². The van der Waals surface area contributed by atoms with E-state index < -0.39 is 11.0 Å².